The van der Waals surface area contributed by atoms with Gasteiger partial charge in [0, 0.05) is 18.8 Å². The number of likely N-dealkylation sites (N-methyl/N-ethyl adjacent to an activating group) is 1. The van der Waals surface area contributed by atoms with Crippen LogP contribution in [0.5, 0.6) is 11.5 Å². The van der Waals surface area contributed by atoms with Crippen LogP contribution in [0.2, 0.25) is 0 Å². The molecule has 0 radical (unpaired) electrons. The highest BCUT2D eigenvalue weighted by Crippen LogP contribution is 2.31. The van der Waals surface area contributed by atoms with Crippen LogP contribution >= 0.6 is 0 Å². The summed E-state index contributed by atoms with van der Waals surface area (Å²) in [6.07, 6.45) is 0. The number of ether oxygens (including phenoxy) is 3. The molecule has 0 aromatic heterocycles. The minimum Gasteiger partial charge on any atom is -0.486 e. The summed E-state index contributed by atoms with van der Waals surface area (Å²) in [6.45, 7) is 3.48. The third-order valence-electron chi connectivity index (χ3n) is 4.19. The van der Waals surface area contributed by atoms with Crippen LogP contribution in [0.25, 0.3) is 0 Å². The molecule has 1 amide bonds. The molecule has 142 valence electrons. The van der Waals surface area contributed by atoms with Gasteiger partial charge in [-0.1, -0.05) is 6.07 Å². The summed E-state index contributed by atoms with van der Waals surface area (Å²) >= 11 is 0. The fourth-order valence-electron chi connectivity index (χ4n) is 2.70. The molecule has 0 aliphatic carbocycles. The predicted molar refractivity (Wildman–Crippen MR) is 99.7 cm³/mol. The molecule has 2 aromatic carbocycles. The highest BCUT2D eigenvalue weighted by atomic mass is 16.6. The molecule has 0 spiro atoms. The third-order valence-corrected chi connectivity index (χ3v) is 4.19. The lowest BCUT2D eigenvalue weighted by Crippen LogP contribution is -2.34. The van der Waals surface area contributed by atoms with Gasteiger partial charge < -0.3 is 24.8 Å². The normalized spacial score (nSPS) is 12.3. The molecule has 0 unspecified atom stereocenters. The van der Waals surface area contributed by atoms with E-state index in [0.717, 1.165) is 5.56 Å². The maximum Gasteiger partial charge on any atom is 0.338 e. The zero-order chi connectivity index (χ0) is 19.2. The van der Waals surface area contributed by atoms with Gasteiger partial charge in [0.15, 0.2) is 18.1 Å². The minimum atomic E-state index is -0.557. The second kappa shape index (κ2) is 8.44. The summed E-state index contributed by atoms with van der Waals surface area (Å²) in [7, 11) is 0. The van der Waals surface area contributed by atoms with Crippen LogP contribution in [0.4, 0.5) is 5.69 Å². The number of benzene rings is 2. The van der Waals surface area contributed by atoms with E-state index in [1.165, 1.54) is 0 Å². The summed E-state index contributed by atoms with van der Waals surface area (Å²) in [6, 6.07) is 11.9. The van der Waals surface area contributed by atoms with E-state index in [-0.39, 0.29) is 12.5 Å². The summed E-state index contributed by atoms with van der Waals surface area (Å²) in [5.41, 5.74) is 7.42. The Labute approximate surface area is 157 Å². The summed E-state index contributed by atoms with van der Waals surface area (Å²) in [5.74, 6) is 0.559. The summed E-state index contributed by atoms with van der Waals surface area (Å²) in [4.78, 5) is 26.1. The van der Waals surface area contributed by atoms with Crippen molar-refractivity contribution in [2.24, 2.45) is 0 Å². The van der Waals surface area contributed by atoms with Gasteiger partial charge in [-0.05, 0) is 48.9 Å². The highest BCUT2D eigenvalue weighted by Gasteiger charge is 2.17. The topological polar surface area (TPSA) is 91.1 Å². The maximum absolute atomic E-state index is 12.4. The van der Waals surface area contributed by atoms with Gasteiger partial charge in [-0.25, -0.2) is 4.79 Å². The predicted octanol–water partition coefficient (Wildman–Crippen LogP) is 2.25. The molecule has 2 aromatic rings. The third kappa shape index (κ3) is 4.69. The molecular weight excluding hydrogens is 348 g/mol. The van der Waals surface area contributed by atoms with Gasteiger partial charge in [0.25, 0.3) is 5.91 Å². The van der Waals surface area contributed by atoms with Crippen LogP contribution in [0.3, 0.4) is 0 Å². The quantitative estimate of drug-likeness (QED) is 0.619. The number of fused-ring (bicyclic) bond motifs is 1. The van der Waals surface area contributed by atoms with Crippen LogP contribution in [0, 0.1) is 0 Å². The molecule has 7 heteroatoms. The Kier molecular flexibility index (Phi) is 5.80. The van der Waals surface area contributed by atoms with Crippen molar-refractivity contribution in [1.82, 2.24) is 4.90 Å². The van der Waals surface area contributed by atoms with Gasteiger partial charge in [-0.2, -0.15) is 0 Å². The number of nitrogen functional groups attached to an aromatic ring is 1. The Morgan fingerprint density at radius 2 is 1.78 bits per heavy atom. The van der Waals surface area contributed by atoms with Gasteiger partial charge in [-0.15, -0.1) is 0 Å². The first-order chi connectivity index (χ1) is 13.1. The van der Waals surface area contributed by atoms with Crippen LogP contribution in [0.1, 0.15) is 22.8 Å². The van der Waals surface area contributed by atoms with E-state index in [1.54, 1.807) is 29.2 Å². The molecule has 0 atom stereocenters. The first-order valence-electron chi connectivity index (χ1n) is 8.75. The van der Waals surface area contributed by atoms with Gasteiger partial charge in [0.2, 0.25) is 0 Å². The minimum absolute atomic E-state index is 0.267. The van der Waals surface area contributed by atoms with Crippen molar-refractivity contribution in [2.75, 3.05) is 32.1 Å². The molecule has 7 nitrogen and oxygen atoms in total. The SMILES string of the molecule is CCN(Cc1ccc2c(c1)OCCO2)C(=O)COC(=O)c1ccc(N)cc1. The van der Waals surface area contributed by atoms with Crippen LogP contribution in [-0.4, -0.2) is 43.1 Å². The lowest BCUT2D eigenvalue weighted by Gasteiger charge is -2.23. The fraction of sp³-hybridized carbons (Fsp3) is 0.300. The van der Waals surface area contributed by atoms with E-state index < -0.39 is 5.97 Å². The molecule has 0 bridgehead atoms. The van der Waals surface area contributed by atoms with Crippen molar-refractivity contribution in [3.05, 3.63) is 53.6 Å². The van der Waals surface area contributed by atoms with Crippen molar-refractivity contribution in [1.29, 1.82) is 0 Å². The Morgan fingerprint density at radius 1 is 1.07 bits per heavy atom. The van der Waals surface area contributed by atoms with Gasteiger partial charge in [-0.3, -0.25) is 4.79 Å². The maximum atomic E-state index is 12.4. The molecular formula is C20H22N2O5. The number of carbonyl (C=O) groups is 2. The summed E-state index contributed by atoms with van der Waals surface area (Å²) in [5, 5.41) is 0. The monoisotopic (exact) mass is 370 g/mol. The number of hydrogen-bond acceptors (Lipinski definition) is 6. The van der Waals surface area contributed by atoms with Gasteiger partial charge in [0.05, 0.1) is 5.56 Å². The molecule has 1 aliphatic heterocycles. The Hall–Kier alpha value is -3.22. The molecule has 0 saturated heterocycles. The first-order valence-corrected chi connectivity index (χ1v) is 8.75. The van der Waals surface area contributed by atoms with Crippen LogP contribution < -0.4 is 15.2 Å². The highest BCUT2D eigenvalue weighted by molar-refractivity contribution is 5.91. The molecule has 0 fully saturated rings. The van der Waals surface area contributed by atoms with E-state index in [9.17, 15) is 9.59 Å². The standard InChI is InChI=1S/C20H22N2O5/c1-2-22(12-14-3-8-17-18(11-14)26-10-9-25-17)19(23)13-27-20(24)15-4-6-16(21)7-5-15/h3-8,11H,2,9-10,12-13,21H2,1H3. The number of rotatable bonds is 6. The largest absolute Gasteiger partial charge is 0.486 e. The molecule has 3 rings (SSSR count). The smallest absolute Gasteiger partial charge is 0.338 e. The first kappa shape index (κ1) is 18.6. The van der Waals surface area contributed by atoms with Gasteiger partial charge >= 0.3 is 5.97 Å². The Bertz CT molecular complexity index is 820. The van der Waals surface area contributed by atoms with E-state index in [0.29, 0.717) is 49.1 Å². The number of nitrogens with zero attached hydrogens (tertiary/aromatic N) is 1. The zero-order valence-electron chi connectivity index (χ0n) is 15.1. The number of nitrogens with two attached hydrogens (primary N) is 1. The average molecular weight is 370 g/mol. The fourth-order valence-corrected chi connectivity index (χ4v) is 2.70. The number of anilines is 1. The van der Waals surface area contributed by atoms with E-state index in [2.05, 4.69) is 0 Å². The Balaban J connectivity index is 1.57. The number of amides is 1. The van der Waals surface area contributed by atoms with Crippen molar-refractivity contribution in [3.63, 3.8) is 0 Å². The number of carbonyl (C=O) groups excluding carboxylic acids is 2. The van der Waals surface area contributed by atoms with Gasteiger partial charge in [0.1, 0.15) is 13.2 Å². The van der Waals surface area contributed by atoms with Crippen LogP contribution in [0.15, 0.2) is 42.5 Å². The van der Waals surface area contributed by atoms with Crippen LogP contribution in [-0.2, 0) is 16.1 Å². The second-order valence-corrected chi connectivity index (χ2v) is 6.08. The molecule has 1 aliphatic rings. The van der Waals surface area contributed by atoms with Crippen molar-refractivity contribution >= 4 is 17.6 Å². The molecule has 1 heterocycles. The molecule has 2 N–H and O–H groups in total. The summed E-state index contributed by atoms with van der Waals surface area (Å²) < 4.78 is 16.2. The Morgan fingerprint density at radius 3 is 2.48 bits per heavy atom. The zero-order valence-corrected chi connectivity index (χ0v) is 15.1. The van der Waals surface area contributed by atoms with Crippen molar-refractivity contribution in [2.45, 2.75) is 13.5 Å². The van der Waals surface area contributed by atoms with Crippen molar-refractivity contribution < 1.29 is 23.8 Å². The lowest BCUT2D eigenvalue weighted by molar-refractivity contribution is -0.134. The molecule has 0 saturated carbocycles. The second-order valence-electron chi connectivity index (χ2n) is 6.08. The number of hydrogen-bond donors (Lipinski definition) is 1. The molecule has 27 heavy (non-hydrogen) atoms. The lowest BCUT2D eigenvalue weighted by atomic mass is 10.1. The van der Waals surface area contributed by atoms with E-state index in [1.807, 2.05) is 25.1 Å². The van der Waals surface area contributed by atoms with E-state index in [4.69, 9.17) is 19.9 Å². The van der Waals surface area contributed by atoms with Crippen molar-refractivity contribution in [3.8, 4) is 11.5 Å². The average Bonchev–Trinajstić information content (AvgIpc) is 2.70. The number of esters is 1. The van der Waals surface area contributed by atoms with E-state index >= 15 is 0 Å².